The van der Waals surface area contributed by atoms with Gasteiger partial charge in [-0.25, -0.2) is 0 Å². The quantitative estimate of drug-likeness (QED) is 0.125. The molecule has 0 heterocycles. The summed E-state index contributed by atoms with van der Waals surface area (Å²) in [5.74, 6) is 1.91. The van der Waals surface area contributed by atoms with Crippen molar-refractivity contribution in [2.24, 2.45) is 5.16 Å². The van der Waals surface area contributed by atoms with Gasteiger partial charge in [0.05, 0.1) is 12.3 Å². The van der Waals surface area contributed by atoms with Gasteiger partial charge < -0.3 is 14.3 Å². The van der Waals surface area contributed by atoms with E-state index >= 15 is 0 Å². The first kappa shape index (κ1) is 27.0. The number of oxime groups is 1. The third-order valence-corrected chi connectivity index (χ3v) is 5.28. The summed E-state index contributed by atoms with van der Waals surface area (Å²) in [4.78, 5) is 7.27. The molecule has 0 amide bonds. The van der Waals surface area contributed by atoms with E-state index in [0.717, 1.165) is 61.0 Å². The maximum absolute atomic E-state index is 6.08. The Morgan fingerprint density at radius 2 is 1.65 bits per heavy atom. The van der Waals surface area contributed by atoms with E-state index in [2.05, 4.69) is 43.0 Å². The molecule has 0 aliphatic heterocycles. The zero-order valence-corrected chi connectivity index (χ0v) is 20.7. The Kier molecular flexibility index (Phi) is 14.5. The predicted octanol–water partition coefficient (Wildman–Crippen LogP) is 6.32. The molecule has 0 saturated carbocycles. The number of unbranched alkanes of at least 4 members (excludes halogenated alkanes) is 5. The third kappa shape index (κ3) is 11.8. The first-order chi connectivity index (χ1) is 15.0. The van der Waals surface area contributed by atoms with Crippen LogP contribution in [0, 0.1) is 13.8 Å². The van der Waals surface area contributed by atoms with Crippen LogP contribution in [0.25, 0.3) is 0 Å². The Bertz CT molecular complexity index is 648. The van der Waals surface area contributed by atoms with Crippen molar-refractivity contribution in [2.45, 2.75) is 73.1 Å². The molecule has 31 heavy (non-hydrogen) atoms. The van der Waals surface area contributed by atoms with Crippen molar-refractivity contribution in [1.29, 1.82) is 0 Å². The van der Waals surface area contributed by atoms with E-state index in [4.69, 9.17) is 14.3 Å². The second-order valence-electron chi connectivity index (χ2n) is 8.11. The predicted molar refractivity (Wildman–Crippen MR) is 132 cm³/mol. The lowest BCUT2D eigenvalue weighted by molar-refractivity contribution is 0.209. The van der Waals surface area contributed by atoms with E-state index in [1.165, 1.54) is 32.1 Å². The van der Waals surface area contributed by atoms with Crippen molar-refractivity contribution >= 4 is 5.71 Å². The zero-order valence-electron chi connectivity index (χ0n) is 20.7. The smallest absolute Gasteiger partial charge is 0.125 e. The van der Waals surface area contributed by atoms with E-state index in [0.29, 0.717) is 6.61 Å². The van der Waals surface area contributed by atoms with Gasteiger partial charge in [-0.3, -0.25) is 4.90 Å². The van der Waals surface area contributed by atoms with E-state index in [-0.39, 0.29) is 0 Å². The minimum absolute atomic E-state index is 0.605. The van der Waals surface area contributed by atoms with Crippen molar-refractivity contribution in [3.8, 4) is 11.5 Å². The fourth-order valence-electron chi connectivity index (χ4n) is 3.64. The topological polar surface area (TPSA) is 43.3 Å². The van der Waals surface area contributed by atoms with Crippen LogP contribution in [0.3, 0.4) is 0 Å². The number of benzene rings is 1. The van der Waals surface area contributed by atoms with Gasteiger partial charge in [-0.1, -0.05) is 49.9 Å². The fraction of sp³-hybridized carbons (Fsp3) is 0.654. The largest absolute Gasteiger partial charge is 0.493 e. The van der Waals surface area contributed by atoms with Crippen LogP contribution >= 0.6 is 0 Å². The molecule has 0 N–H and O–H groups in total. The molecule has 5 nitrogen and oxygen atoms in total. The lowest BCUT2D eigenvalue weighted by Crippen LogP contribution is -2.29. The highest BCUT2D eigenvalue weighted by Gasteiger charge is 2.07. The molecule has 0 saturated heterocycles. The van der Waals surface area contributed by atoms with E-state index < -0.39 is 0 Å². The van der Waals surface area contributed by atoms with E-state index in [1.807, 2.05) is 26.0 Å². The van der Waals surface area contributed by atoms with Crippen LogP contribution < -0.4 is 9.47 Å². The first-order valence-electron chi connectivity index (χ1n) is 11.8. The van der Waals surface area contributed by atoms with Gasteiger partial charge in [-0.05, 0) is 76.9 Å². The number of allylic oxidation sites excluding steroid dienone is 1. The molecule has 0 fully saturated rings. The molecule has 1 rings (SSSR count). The summed E-state index contributed by atoms with van der Waals surface area (Å²) in [5, 5.41) is 4.00. The Labute approximate surface area is 190 Å². The molecule has 0 bridgehead atoms. The van der Waals surface area contributed by atoms with Crippen molar-refractivity contribution in [3.63, 3.8) is 0 Å². The molecule has 176 valence electrons. The molecule has 0 spiro atoms. The first-order valence-corrected chi connectivity index (χ1v) is 11.8. The fourth-order valence-corrected chi connectivity index (χ4v) is 3.64. The number of rotatable bonds is 17. The molecule has 0 atom stereocenters. The van der Waals surface area contributed by atoms with Gasteiger partial charge >= 0.3 is 0 Å². The molecule has 5 heteroatoms. The van der Waals surface area contributed by atoms with Gasteiger partial charge in [0.15, 0.2) is 0 Å². The molecular weight excluding hydrogens is 388 g/mol. The van der Waals surface area contributed by atoms with Gasteiger partial charge in [0, 0.05) is 6.54 Å². The van der Waals surface area contributed by atoms with Crippen molar-refractivity contribution in [3.05, 3.63) is 35.4 Å². The average Bonchev–Trinajstić information content (AvgIpc) is 2.73. The van der Waals surface area contributed by atoms with E-state index in [1.54, 1.807) is 7.11 Å². The van der Waals surface area contributed by atoms with Gasteiger partial charge in [0.2, 0.25) is 0 Å². The van der Waals surface area contributed by atoms with Crippen LogP contribution in [-0.2, 0) is 4.84 Å². The van der Waals surface area contributed by atoms with Crippen molar-refractivity contribution in [2.75, 3.05) is 40.0 Å². The number of hydrogen-bond acceptors (Lipinski definition) is 5. The average molecular weight is 433 g/mol. The van der Waals surface area contributed by atoms with E-state index in [9.17, 15) is 0 Å². The second kappa shape index (κ2) is 16.7. The lowest BCUT2D eigenvalue weighted by Gasteiger charge is -2.19. The van der Waals surface area contributed by atoms with Crippen molar-refractivity contribution < 1.29 is 14.3 Å². The second-order valence-corrected chi connectivity index (χ2v) is 8.11. The summed E-state index contributed by atoms with van der Waals surface area (Å²) in [6, 6.07) is 4.13. The van der Waals surface area contributed by atoms with Crippen LogP contribution in [0.4, 0.5) is 0 Å². The maximum Gasteiger partial charge on any atom is 0.125 e. The molecule has 0 aliphatic carbocycles. The van der Waals surface area contributed by atoms with Gasteiger partial charge in [0.1, 0.15) is 25.2 Å². The molecular formula is C26H44N2O3. The molecule has 0 aliphatic rings. The number of ether oxygens (including phenoxy) is 2. The minimum Gasteiger partial charge on any atom is -0.493 e. The van der Waals surface area contributed by atoms with Gasteiger partial charge in [0.25, 0.3) is 0 Å². The van der Waals surface area contributed by atoms with Crippen LogP contribution in [0.2, 0.25) is 0 Å². The molecule has 1 aromatic rings. The summed E-state index contributed by atoms with van der Waals surface area (Å²) < 4.78 is 11.8. The monoisotopic (exact) mass is 432 g/mol. The minimum atomic E-state index is 0.605. The van der Waals surface area contributed by atoms with Gasteiger partial charge in [-0.2, -0.15) is 0 Å². The Morgan fingerprint density at radius 3 is 2.26 bits per heavy atom. The Hall–Kier alpha value is -2.01. The number of nitrogens with zero attached hydrogens (tertiary/aromatic N) is 2. The SMILES string of the molecule is C/C=C/COc1cc(C)c(OCCCCCCCCN(CC)C/C(C)=N/OC)c(C)c1. The molecule has 0 unspecified atom stereocenters. The number of hydrogen-bond donors (Lipinski definition) is 0. The lowest BCUT2D eigenvalue weighted by atomic mass is 10.1. The normalized spacial score (nSPS) is 12.0. The highest BCUT2D eigenvalue weighted by molar-refractivity contribution is 5.83. The Morgan fingerprint density at radius 1 is 1.00 bits per heavy atom. The standard InChI is InChI=1S/C26H44N2O3/c1-7-9-17-30-25-19-22(3)26(23(4)20-25)31-18-15-13-11-10-12-14-16-28(8-2)21-24(5)27-29-6/h7,9,19-20H,8,10-18,21H2,1-6H3/b9-7+,27-24+. The number of aryl methyl sites for hydroxylation is 2. The summed E-state index contributed by atoms with van der Waals surface area (Å²) in [7, 11) is 1.60. The summed E-state index contributed by atoms with van der Waals surface area (Å²) >= 11 is 0. The van der Waals surface area contributed by atoms with Crippen LogP contribution in [-0.4, -0.2) is 50.6 Å². The summed E-state index contributed by atoms with van der Waals surface area (Å²) in [6.45, 7) is 14.9. The molecule has 1 aromatic carbocycles. The highest BCUT2D eigenvalue weighted by Crippen LogP contribution is 2.28. The van der Waals surface area contributed by atoms with Crippen LogP contribution in [0.5, 0.6) is 11.5 Å². The van der Waals surface area contributed by atoms with Crippen LogP contribution in [0.15, 0.2) is 29.4 Å². The molecule has 0 aromatic heterocycles. The summed E-state index contributed by atoms with van der Waals surface area (Å²) in [5.41, 5.74) is 3.31. The highest BCUT2D eigenvalue weighted by atomic mass is 16.6. The van der Waals surface area contributed by atoms with Gasteiger partial charge in [-0.15, -0.1) is 0 Å². The summed E-state index contributed by atoms with van der Waals surface area (Å²) in [6.07, 6.45) is 11.4. The Balaban J connectivity index is 2.18. The van der Waals surface area contributed by atoms with Crippen LogP contribution in [0.1, 0.15) is 70.4 Å². The zero-order chi connectivity index (χ0) is 22.9. The van der Waals surface area contributed by atoms with Crippen molar-refractivity contribution in [1.82, 2.24) is 4.90 Å². The maximum atomic E-state index is 6.08. The molecule has 0 radical (unpaired) electrons. The third-order valence-electron chi connectivity index (χ3n) is 5.28.